The molecule has 0 aliphatic carbocycles. The summed E-state index contributed by atoms with van der Waals surface area (Å²) in [7, 11) is 4.30. The highest BCUT2D eigenvalue weighted by atomic mass is 16.5. The molecule has 1 aliphatic rings. The Balaban J connectivity index is 1.35. The van der Waals surface area contributed by atoms with E-state index in [9.17, 15) is 0 Å². The molecule has 2 unspecified atom stereocenters. The number of hydrogen-bond acceptors (Lipinski definition) is 6. The summed E-state index contributed by atoms with van der Waals surface area (Å²) < 4.78 is 5.78. The summed E-state index contributed by atoms with van der Waals surface area (Å²) in [6, 6.07) is 19.4. The quantitative estimate of drug-likeness (QED) is 0.349. The minimum absolute atomic E-state index is 0.264. The van der Waals surface area contributed by atoms with Crippen molar-refractivity contribution in [3.63, 3.8) is 0 Å². The van der Waals surface area contributed by atoms with E-state index in [1.807, 2.05) is 12.4 Å². The summed E-state index contributed by atoms with van der Waals surface area (Å²) in [5, 5.41) is 11.9. The molecule has 2 atom stereocenters. The number of ether oxygens (including phenoxy) is 1. The lowest BCUT2D eigenvalue weighted by molar-refractivity contribution is 0.120. The molecule has 4 aromatic rings. The summed E-state index contributed by atoms with van der Waals surface area (Å²) in [4.78, 5) is 11.5. The first-order valence-corrected chi connectivity index (χ1v) is 12.2. The average molecular weight is 456 g/mol. The second kappa shape index (κ2) is 10.4. The van der Waals surface area contributed by atoms with Crippen LogP contribution in [0.2, 0.25) is 0 Å². The van der Waals surface area contributed by atoms with Crippen LogP contribution in [0.1, 0.15) is 30.9 Å². The molecular formula is C28H33N5O. The molecule has 5 rings (SSSR count). The van der Waals surface area contributed by atoms with Crippen LogP contribution in [0.4, 0.5) is 11.6 Å². The molecule has 1 fully saturated rings. The average Bonchev–Trinajstić information content (AvgIpc) is 3.39. The third-order valence-corrected chi connectivity index (χ3v) is 6.73. The van der Waals surface area contributed by atoms with E-state index in [0.29, 0.717) is 0 Å². The van der Waals surface area contributed by atoms with Gasteiger partial charge in [0.25, 0.3) is 0 Å². The van der Waals surface area contributed by atoms with Crippen molar-refractivity contribution in [2.45, 2.75) is 31.4 Å². The molecule has 1 saturated heterocycles. The predicted octanol–water partition coefficient (Wildman–Crippen LogP) is 5.48. The fourth-order valence-electron chi connectivity index (χ4n) is 4.96. The number of nitrogens with one attached hydrogen (secondary N) is 2. The fraction of sp³-hybridized carbons (Fsp3) is 0.357. The van der Waals surface area contributed by atoms with Crippen molar-refractivity contribution in [3.8, 4) is 0 Å². The fourth-order valence-corrected chi connectivity index (χ4v) is 4.96. The van der Waals surface area contributed by atoms with Gasteiger partial charge in [0, 0.05) is 48.9 Å². The van der Waals surface area contributed by atoms with Gasteiger partial charge in [-0.15, -0.1) is 0 Å². The highest BCUT2D eigenvalue weighted by Gasteiger charge is 2.19. The molecule has 176 valence electrons. The molecule has 0 radical (unpaired) electrons. The number of fused-ring (bicyclic) bond motifs is 2. The van der Waals surface area contributed by atoms with E-state index in [4.69, 9.17) is 4.74 Å². The molecule has 3 heterocycles. The molecule has 2 aromatic heterocycles. The van der Waals surface area contributed by atoms with E-state index >= 15 is 0 Å². The third kappa shape index (κ3) is 4.83. The van der Waals surface area contributed by atoms with Gasteiger partial charge in [-0.2, -0.15) is 0 Å². The standard InChI is InChI=1S/C28H33N5O/c1-33(2)26(14-17-31-27-22-9-4-3-7-20(22)12-15-29-27)24-10-5-11-25-23(24)13-16-30-28(25)32-19-21-8-6-18-34-21/h3-5,7,9-13,15-16,21,26H,6,8,14,17-19H2,1-2H3,(H,29,31)(H,30,32). The smallest absolute Gasteiger partial charge is 0.133 e. The van der Waals surface area contributed by atoms with Crippen LogP contribution in [-0.2, 0) is 4.74 Å². The number of rotatable bonds is 9. The van der Waals surface area contributed by atoms with Gasteiger partial charge in [-0.1, -0.05) is 42.5 Å². The Morgan fingerprint density at radius 1 is 0.912 bits per heavy atom. The zero-order chi connectivity index (χ0) is 23.3. The van der Waals surface area contributed by atoms with Crippen molar-refractivity contribution in [1.29, 1.82) is 0 Å². The first-order valence-electron chi connectivity index (χ1n) is 12.2. The summed E-state index contributed by atoms with van der Waals surface area (Å²) in [6.45, 7) is 2.50. The molecule has 2 aromatic carbocycles. The van der Waals surface area contributed by atoms with Crippen molar-refractivity contribution in [1.82, 2.24) is 14.9 Å². The zero-order valence-corrected chi connectivity index (χ0v) is 20.0. The van der Waals surface area contributed by atoms with Gasteiger partial charge in [-0.25, -0.2) is 9.97 Å². The minimum atomic E-state index is 0.264. The summed E-state index contributed by atoms with van der Waals surface area (Å²) in [6.07, 6.45) is 7.28. The van der Waals surface area contributed by atoms with Crippen LogP contribution in [0.5, 0.6) is 0 Å². The number of benzene rings is 2. The van der Waals surface area contributed by atoms with Gasteiger partial charge >= 0.3 is 0 Å². The molecule has 2 N–H and O–H groups in total. The lowest BCUT2D eigenvalue weighted by Gasteiger charge is -2.27. The predicted molar refractivity (Wildman–Crippen MR) is 140 cm³/mol. The maximum atomic E-state index is 5.78. The van der Waals surface area contributed by atoms with Crippen LogP contribution in [0, 0.1) is 0 Å². The SMILES string of the molecule is CN(C)C(CCNc1nccc2ccccc12)c1cccc2c(NCC3CCCO3)nccc12. The van der Waals surface area contributed by atoms with Crippen molar-refractivity contribution >= 4 is 33.2 Å². The number of pyridine rings is 2. The molecule has 1 aliphatic heterocycles. The second-order valence-electron chi connectivity index (χ2n) is 9.19. The number of nitrogens with zero attached hydrogens (tertiary/aromatic N) is 3. The van der Waals surface area contributed by atoms with E-state index in [-0.39, 0.29) is 12.1 Å². The second-order valence-corrected chi connectivity index (χ2v) is 9.19. The normalized spacial score (nSPS) is 16.9. The third-order valence-electron chi connectivity index (χ3n) is 6.73. The highest BCUT2D eigenvalue weighted by molar-refractivity contribution is 5.94. The van der Waals surface area contributed by atoms with E-state index in [1.165, 1.54) is 16.3 Å². The summed E-state index contributed by atoms with van der Waals surface area (Å²) in [5.74, 6) is 1.88. The van der Waals surface area contributed by atoms with Gasteiger partial charge in [0.2, 0.25) is 0 Å². The molecular weight excluding hydrogens is 422 g/mol. The Morgan fingerprint density at radius 3 is 2.53 bits per heavy atom. The van der Waals surface area contributed by atoms with Gasteiger partial charge in [0.15, 0.2) is 0 Å². The van der Waals surface area contributed by atoms with E-state index in [1.54, 1.807) is 0 Å². The lowest BCUT2D eigenvalue weighted by atomic mass is 9.96. The molecule has 0 amide bonds. The van der Waals surface area contributed by atoms with Gasteiger partial charge < -0.3 is 20.3 Å². The first-order chi connectivity index (χ1) is 16.7. The van der Waals surface area contributed by atoms with Crippen LogP contribution >= 0.6 is 0 Å². The molecule has 34 heavy (non-hydrogen) atoms. The van der Waals surface area contributed by atoms with E-state index in [0.717, 1.165) is 61.4 Å². The largest absolute Gasteiger partial charge is 0.376 e. The Labute approximate surface area is 201 Å². The highest BCUT2D eigenvalue weighted by Crippen LogP contribution is 2.32. The van der Waals surface area contributed by atoms with Gasteiger partial charge in [-0.3, -0.25) is 0 Å². The van der Waals surface area contributed by atoms with Crippen molar-refractivity contribution in [3.05, 3.63) is 72.6 Å². The van der Waals surface area contributed by atoms with Crippen LogP contribution in [0.3, 0.4) is 0 Å². The monoisotopic (exact) mass is 455 g/mol. The number of anilines is 2. The Bertz CT molecular complexity index is 1250. The lowest BCUT2D eigenvalue weighted by Crippen LogP contribution is -2.23. The topological polar surface area (TPSA) is 62.3 Å². The van der Waals surface area contributed by atoms with Crippen molar-refractivity contribution < 1.29 is 4.74 Å². The molecule has 0 bridgehead atoms. The van der Waals surface area contributed by atoms with E-state index < -0.39 is 0 Å². The van der Waals surface area contributed by atoms with Gasteiger partial charge in [0.1, 0.15) is 11.6 Å². The Morgan fingerprint density at radius 2 is 1.71 bits per heavy atom. The molecule has 6 heteroatoms. The Hall–Kier alpha value is -3.22. The number of hydrogen-bond donors (Lipinski definition) is 2. The van der Waals surface area contributed by atoms with Crippen molar-refractivity contribution in [2.24, 2.45) is 0 Å². The van der Waals surface area contributed by atoms with Crippen LogP contribution in [0.25, 0.3) is 21.5 Å². The Kier molecular flexibility index (Phi) is 6.88. The molecule has 0 spiro atoms. The molecule has 6 nitrogen and oxygen atoms in total. The zero-order valence-electron chi connectivity index (χ0n) is 20.0. The maximum absolute atomic E-state index is 5.78. The van der Waals surface area contributed by atoms with Crippen LogP contribution < -0.4 is 10.6 Å². The maximum Gasteiger partial charge on any atom is 0.133 e. The van der Waals surface area contributed by atoms with Crippen LogP contribution in [0.15, 0.2) is 67.0 Å². The minimum Gasteiger partial charge on any atom is -0.376 e. The summed E-state index contributed by atoms with van der Waals surface area (Å²) >= 11 is 0. The first kappa shape index (κ1) is 22.6. The van der Waals surface area contributed by atoms with E-state index in [2.05, 4.69) is 94.2 Å². The molecule has 0 saturated carbocycles. The summed E-state index contributed by atoms with van der Waals surface area (Å²) in [5.41, 5.74) is 1.32. The van der Waals surface area contributed by atoms with Crippen LogP contribution in [-0.4, -0.2) is 54.8 Å². The van der Waals surface area contributed by atoms with Gasteiger partial charge in [0.05, 0.1) is 6.10 Å². The van der Waals surface area contributed by atoms with Crippen molar-refractivity contribution in [2.75, 3.05) is 44.4 Å². The number of aromatic nitrogens is 2. The van der Waals surface area contributed by atoms with Gasteiger partial charge in [-0.05, 0) is 61.8 Å².